The van der Waals surface area contributed by atoms with E-state index in [0.29, 0.717) is 0 Å². The minimum absolute atomic E-state index is 0.729. The van der Waals surface area contributed by atoms with Crippen molar-refractivity contribution in [3.63, 3.8) is 0 Å². The summed E-state index contributed by atoms with van der Waals surface area (Å²) in [4.78, 5) is 0. The van der Waals surface area contributed by atoms with Crippen LogP contribution in [0.4, 0.5) is 0 Å². The molecule has 1 aliphatic carbocycles. The third-order valence-corrected chi connectivity index (χ3v) is 3.08. The normalized spacial score (nSPS) is 17.8. The van der Waals surface area contributed by atoms with Gasteiger partial charge in [0, 0.05) is 19.3 Å². The lowest BCUT2D eigenvalue weighted by Gasteiger charge is -2.22. The lowest BCUT2D eigenvalue weighted by atomic mass is 9.95. The van der Waals surface area contributed by atoms with Crippen LogP contribution >= 0.6 is 0 Å². The second kappa shape index (κ2) is 10.1. The quantitative estimate of drug-likeness (QED) is 0.616. The molecule has 16 heavy (non-hydrogen) atoms. The van der Waals surface area contributed by atoms with Crippen LogP contribution in [0.15, 0.2) is 0 Å². The molecule has 0 aromatic heterocycles. The van der Waals surface area contributed by atoms with Crippen LogP contribution < -0.4 is 5.32 Å². The van der Waals surface area contributed by atoms with Crippen molar-refractivity contribution in [1.29, 1.82) is 0 Å². The zero-order valence-electron chi connectivity index (χ0n) is 10.7. The van der Waals surface area contributed by atoms with Gasteiger partial charge in [-0.05, 0) is 32.7 Å². The average Bonchev–Trinajstić information content (AvgIpc) is 2.34. The molecule has 0 bridgehead atoms. The highest BCUT2D eigenvalue weighted by molar-refractivity contribution is 4.71. The predicted molar refractivity (Wildman–Crippen MR) is 66.8 cm³/mol. The third-order valence-electron chi connectivity index (χ3n) is 3.08. The maximum absolute atomic E-state index is 5.46. The van der Waals surface area contributed by atoms with Gasteiger partial charge in [-0.2, -0.15) is 0 Å². The maximum atomic E-state index is 5.46. The van der Waals surface area contributed by atoms with Gasteiger partial charge in [-0.15, -0.1) is 0 Å². The van der Waals surface area contributed by atoms with Gasteiger partial charge in [0.15, 0.2) is 0 Å². The van der Waals surface area contributed by atoms with E-state index in [2.05, 4.69) is 5.32 Å². The Morgan fingerprint density at radius 2 is 1.75 bits per heavy atom. The monoisotopic (exact) mass is 229 g/mol. The van der Waals surface area contributed by atoms with Gasteiger partial charge in [-0.1, -0.05) is 19.3 Å². The highest BCUT2D eigenvalue weighted by Gasteiger charge is 2.11. The van der Waals surface area contributed by atoms with Gasteiger partial charge in [-0.25, -0.2) is 0 Å². The molecule has 3 heteroatoms. The molecule has 1 saturated carbocycles. The Kier molecular flexibility index (Phi) is 8.77. The SMILES string of the molecule is CCOCCOCCCNC1CCCCC1. The first-order valence-electron chi connectivity index (χ1n) is 6.82. The molecule has 1 N–H and O–H groups in total. The maximum Gasteiger partial charge on any atom is 0.0700 e. The summed E-state index contributed by atoms with van der Waals surface area (Å²) in [5, 5.41) is 3.61. The predicted octanol–water partition coefficient (Wildman–Crippen LogP) is 2.35. The van der Waals surface area contributed by atoms with Crippen molar-refractivity contribution in [2.24, 2.45) is 0 Å². The minimum Gasteiger partial charge on any atom is -0.379 e. The largest absolute Gasteiger partial charge is 0.379 e. The van der Waals surface area contributed by atoms with Crippen LogP contribution in [-0.2, 0) is 9.47 Å². The van der Waals surface area contributed by atoms with Crippen molar-refractivity contribution in [2.75, 3.05) is 33.0 Å². The van der Waals surface area contributed by atoms with Crippen molar-refractivity contribution >= 4 is 0 Å². The van der Waals surface area contributed by atoms with E-state index in [0.717, 1.165) is 45.4 Å². The summed E-state index contributed by atoms with van der Waals surface area (Å²) in [6, 6.07) is 0.775. The van der Waals surface area contributed by atoms with E-state index in [-0.39, 0.29) is 0 Å². The minimum atomic E-state index is 0.729. The van der Waals surface area contributed by atoms with Crippen molar-refractivity contribution in [3.8, 4) is 0 Å². The van der Waals surface area contributed by atoms with Gasteiger partial charge >= 0.3 is 0 Å². The van der Waals surface area contributed by atoms with Gasteiger partial charge in [0.1, 0.15) is 0 Å². The Balaban J connectivity index is 1.77. The van der Waals surface area contributed by atoms with Crippen LogP contribution in [0.2, 0.25) is 0 Å². The Bertz CT molecular complexity index is 147. The number of ether oxygens (including phenoxy) is 2. The summed E-state index contributed by atoms with van der Waals surface area (Å²) in [5.74, 6) is 0. The lowest BCUT2D eigenvalue weighted by Crippen LogP contribution is -2.32. The van der Waals surface area contributed by atoms with E-state index in [1.807, 2.05) is 6.92 Å². The molecule has 0 unspecified atom stereocenters. The highest BCUT2D eigenvalue weighted by Crippen LogP contribution is 2.17. The summed E-state index contributed by atoms with van der Waals surface area (Å²) in [6.45, 7) is 6.20. The average molecular weight is 229 g/mol. The first kappa shape index (κ1) is 13.9. The molecule has 1 rings (SSSR count). The topological polar surface area (TPSA) is 30.5 Å². The van der Waals surface area contributed by atoms with E-state index < -0.39 is 0 Å². The second-order valence-corrected chi connectivity index (χ2v) is 4.45. The van der Waals surface area contributed by atoms with E-state index in [1.54, 1.807) is 0 Å². The summed E-state index contributed by atoms with van der Waals surface area (Å²) in [7, 11) is 0. The third kappa shape index (κ3) is 7.20. The number of hydrogen-bond acceptors (Lipinski definition) is 3. The molecule has 0 aliphatic heterocycles. The Morgan fingerprint density at radius 3 is 2.50 bits per heavy atom. The molecule has 0 amide bonds. The van der Waals surface area contributed by atoms with Crippen molar-refractivity contribution in [1.82, 2.24) is 5.32 Å². The molecule has 1 fully saturated rings. The number of hydrogen-bond donors (Lipinski definition) is 1. The van der Waals surface area contributed by atoms with Crippen LogP contribution in [0.1, 0.15) is 45.4 Å². The molecule has 0 aromatic carbocycles. The molecular formula is C13H27NO2. The lowest BCUT2D eigenvalue weighted by molar-refractivity contribution is 0.0517. The van der Waals surface area contributed by atoms with Gasteiger partial charge in [0.05, 0.1) is 13.2 Å². The summed E-state index contributed by atoms with van der Waals surface area (Å²) >= 11 is 0. The van der Waals surface area contributed by atoms with Gasteiger partial charge in [0.25, 0.3) is 0 Å². The molecule has 0 saturated heterocycles. The number of nitrogens with one attached hydrogen (secondary N) is 1. The Labute approximate surface area is 99.9 Å². The molecule has 0 aromatic rings. The molecule has 96 valence electrons. The Morgan fingerprint density at radius 1 is 1.00 bits per heavy atom. The van der Waals surface area contributed by atoms with Gasteiger partial charge in [-0.3, -0.25) is 0 Å². The Hall–Kier alpha value is -0.120. The summed E-state index contributed by atoms with van der Waals surface area (Å²) in [6.07, 6.45) is 8.09. The fourth-order valence-electron chi connectivity index (χ4n) is 2.15. The first-order chi connectivity index (χ1) is 7.93. The fourth-order valence-corrected chi connectivity index (χ4v) is 2.15. The van der Waals surface area contributed by atoms with Crippen LogP contribution in [0.3, 0.4) is 0 Å². The van der Waals surface area contributed by atoms with Gasteiger partial charge in [0.2, 0.25) is 0 Å². The van der Waals surface area contributed by atoms with E-state index in [1.165, 1.54) is 32.1 Å². The molecule has 0 radical (unpaired) electrons. The summed E-state index contributed by atoms with van der Waals surface area (Å²) in [5.41, 5.74) is 0. The van der Waals surface area contributed by atoms with E-state index in [4.69, 9.17) is 9.47 Å². The molecule has 1 aliphatic rings. The van der Waals surface area contributed by atoms with Crippen molar-refractivity contribution in [3.05, 3.63) is 0 Å². The smallest absolute Gasteiger partial charge is 0.0700 e. The molecule has 3 nitrogen and oxygen atoms in total. The van der Waals surface area contributed by atoms with Crippen LogP contribution in [0, 0.1) is 0 Å². The molecule has 0 heterocycles. The zero-order valence-corrected chi connectivity index (χ0v) is 10.7. The molecule has 0 atom stereocenters. The van der Waals surface area contributed by atoms with E-state index in [9.17, 15) is 0 Å². The van der Waals surface area contributed by atoms with Crippen LogP contribution in [0.25, 0.3) is 0 Å². The van der Waals surface area contributed by atoms with Crippen LogP contribution in [0.5, 0.6) is 0 Å². The number of rotatable bonds is 9. The molecule has 0 spiro atoms. The van der Waals surface area contributed by atoms with Gasteiger partial charge < -0.3 is 14.8 Å². The molecular weight excluding hydrogens is 202 g/mol. The standard InChI is InChI=1S/C13H27NO2/c1-2-15-11-12-16-10-6-9-14-13-7-4-3-5-8-13/h13-14H,2-12H2,1H3. The van der Waals surface area contributed by atoms with Crippen LogP contribution in [-0.4, -0.2) is 39.0 Å². The first-order valence-corrected chi connectivity index (χ1v) is 6.82. The van der Waals surface area contributed by atoms with Crippen molar-refractivity contribution < 1.29 is 9.47 Å². The second-order valence-electron chi connectivity index (χ2n) is 4.45. The van der Waals surface area contributed by atoms with Crippen molar-refractivity contribution in [2.45, 2.75) is 51.5 Å². The highest BCUT2D eigenvalue weighted by atomic mass is 16.5. The summed E-state index contributed by atoms with van der Waals surface area (Å²) < 4.78 is 10.7. The zero-order chi connectivity index (χ0) is 11.5. The fraction of sp³-hybridized carbons (Fsp3) is 1.00. The van der Waals surface area contributed by atoms with E-state index >= 15 is 0 Å².